The SMILES string of the molecule is CC(=O)Nc1ccc(Cc2nc3c(c(=O)[nH]2)n(C)n3C(C)CCCc2ccccc2)cc1. The summed E-state index contributed by atoms with van der Waals surface area (Å²) in [6.45, 7) is 3.66. The topological polar surface area (TPSA) is 84.7 Å². The zero-order valence-electron chi connectivity index (χ0n) is 18.8. The van der Waals surface area contributed by atoms with Crippen molar-refractivity contribution in [3.63, 3.8) is 0 Å². The van der Waals surface area contributed by atoms with E-state index in [9.17, 15) is 9.59 Å². The number of aryl methyl sites for hydroxylation is 2. The first-order valence-electron chi connectivity index (χ1n) is 11.0. The van der Waals surface area contributed by atoms with Gasteiger partial charge in [0.15, 0.2) is 11.2 Å². The van der Waals surface area contributed by atoms with Crippen molar-refractivity contribution >= 4 is 22.8 Å². The molecule has 2 aromatic heterocycles. The van der Waals surface area contributed by atoms with Gasteiger partial charge in [0.2, 0.25) is 5.91 Å². The van der Waals surface area contributed by atoms with E-state index in [-0.39, 0.29) is 17.5 Å². The number of nitrogens with zero attached hydrogens (tertiary/aromatic N) is 3. The number of carbonyl (C=O) groups excluding carboxylic acids is 1. The van der Waals surface area contributed by atoms with Crippen LogP contribution in [0.4, 0.5) is 5.69 Å². The van der Waals surface area contributed by atoms with E-state index in [4.69, 9.17) is 4.98 Å². The smallest absolute Gasteiger partial charge is 0.278 e. The highest BCUT2D eigenvalue weighted by molar-refractivity contribution is 5.88. The number of amides is 1. The molecule has 0 aliphatic carbocycles. The minimum absolute atomic E-state index is 0.104. The Morgan fingerprint density at radius 1 is 1.09 bits per heavy atom. The van der Waals surface area contributed by atoms with Gasteiger partial charge in [-0.25, -0.2) is 4.98 Å². The fourth-order valence-corrected chi connectivity index (χ4v) is 4.22. The zero-order valence-corrected chi connectivity index (χ0v) is 18.8. The lowest BCUT2D eigenvalue weighted by Gasteiger charge is -2.27. The molecule has 2 N–H and O–H groups in total. The third-order valence-corrected chi connectivity index (χ3v) is 5.78. The maximum absolute atomic E-state index is 12.6. The van der Waals surface area contributed by atoms with E-state index in [0.717, 1.165) is 36.2 Å². The molecule has 0 saturated heterocycles. The summed E-state index contributed by atoms with van der Waals surface area (Å²) in [4.78, 5) is 31.5. The Kier molecular flexibility index (Phi) is 6.25. The second-order valence-electron chi connectivity index (χ2n) is 8.33. The van der Waals surface area contributed by atoms with Crippen LogP contribution >= 0.6 is 0 Å². The highest BCUT2D eigenvalue weighted by Gasteiger charge is 2.21. The molecule has 0 fully saturated rings. The maximum atomic E-state index is 12.6. The third-order valence-electron chi connectivity index (χ3n) is 5.78. The number of aromatic nitrogens is 4. The van der Waals surface area contributed by atoms with Crippen LogP contribution in [0.2, 0.25) is 0 Å². The lowest BCUT2D eigenvalue weighted by atomic mass is 10.1. The minimum Gasteiger partial charge on any atom is -0.326 e. The maximum Gasteiger partial charge on any atom is 0.278 e. The summed E-state index contributed by atoms with van der Waals surface area (Å²) in [6.07, 6.45) is 3.63. The number of hydrogen-bond donors (Lipinski definition) is 2. The number of nitrogens with one attached hydrogen (secondary N) is 2. The summed E-state index contributed by atoms with van der Waals surface area (Å²) < 4.78 is 4.01. The van der Waals surface area contributed by atoms with E-state index in [1.165, 1.54) is 12.5 Å². The van der Waals surface area contributed by atoms with Crippen LogP contribution in [0.1, 0.15) is 49.7 Å². The van der Waals surface area contributed by atoms with Gasteiger partial charge in [-0.15, -0.1) is 0 Å². The standard InChI is InChI=1S/C25H29N5O2/c1-17(8-7-11-19-9-5-4-6-10-19)30-24-23(29(30)3)25(32)28-22(27-24)16-20-12-14-21(15-13-20)26-18(2)31/h4-6,9-10,12-15,17H,7-8,11,16H2,1-3H3,(H,26,31)(H,27,28,32). The predicted molar refractivity (Wildman–Crippen MR) is 127 cm³/mol. The molecule has 0 saturated carbocycles. The van der Waals surface area contributed by atoms with Gasteiger partial charge in [-0.05, 0) is 49.4 Å². The highest BCUT2D eigenvalue weighted by Crippen LogP contribution is 2.23. The molecule has 0 spiro atoms. The largest absolute Gasteiger partial charge is 0.326 e. The van der Waals surface area contributed by atoms with E-state index in [1.807, 2.05) is 42.1 Å². The molecule has 7 heteroatoms. The Hall–Kier alpha value is -3.61. The molecule has 0 aliphatic rings. The number of H-pyrrole nitrogens is 1. The summed E-state index contributed by atoms with van der Waals surface area (Å²) in [7, 11) is 1.91. The summed E-state index contributed by atoms with van der Waals surface area (Å²) in [5.41, 5.74) is 4.35. The molecule has 1 atom stereocenters. The molecule has 2 heterocycles. The number of benzene rings is 2. The number of carbonyl (C=O) groups is 1. The zero-order chi connectivity index (χ0) is 22.7. The van der Waals surface area contributed by atoms with Gasteiger partial charge >= 0.3 is 0 Å². The molecule has 0 radical (unpaired) electrons. The van der Waals surface area contributed by atoms with Gasteiger partial charge in [-0.3, -0.25) is 19.0 Å². The Labute approximate surface area is 187 Å². The normalized spacial score (nSPS) is 12.2. The van der Waals surface area contributed by atoms with Crippen LogP contribution < -0.4 is 10.9 Å². The van der Waals surface area contributed by atoms with Crippen molar-refractivity contribution in [3.8, 4) is 0 Å². The summed E-state index contributed by atoms with van der Waals surface area (Å²) in [5, 5.41) is 2.76. The summed E-state index contributed by atoms with van der Waals surface area (Å²) in [6, 6.07) is 18.3. The number of rotatable bonds is 8. The van der Waals surface area contributed by atoms with Crippen molar-refractivity contribution in [2.75, 3.05) is 5.32 Å². The van der Waals surface area contributed by atoms with Crippen LogP contribution in [-0.2, 0) is 24.7 Å². The first-order chi connectivity index (χ1) is 15.4. The fraction of sp³-hybridized carbons (Fsp3) is 0.320. The van der Waals surface area contributed by atoms with Crippen molar-refractivity contribution in [2.24, 2.45) is 7.05 Å². The van der Waals surface area contributed by atoms with Crippen LogP contribution in [0.5, 0.6) is 0 Å². The quantitative estimate of drug-likeness (QED) is 0.439. The molecule has 0 aliphatic heterocycles. The Morgan fingerprint density at radius 3 is 2.50 bits per heavy atom. The van der Waals surface area contributed by atoms with E-state index in [0.29, 0.717) is 17.8 Å². The molecule has 1 amide bonds. The third kappa shape index (κ3) is 4.66. The van der Waals surface area contributed by atoms with E-state index in [2.05, 4.69) is 46.2 Å². The summed E-state index contributed by atoms with van der Waals surface area (Å²) >= 11 is 0. The minimum atomic E-state index is -0.116. The highest BCUT2D eigenvalue weighted by atomic mass is 16.1. The van der Waals surface area contributed by atoms with Crippen molar-refractivity contribution in [3.05, 3.63) is 81.9 Å². The number of anilines is 1. The van der Waals surface area contributed by atoms with Crippen LogP contribution in [0, 0.1) is 0 Å². The fourth-order valence-electron chi connectivity index (χ4n) is 4.22. The van der Waals surface area contributed by atoms with Gasteiger partial charge in [-0.1, -0.05) is 42.5 Å². The van der Waals surface area contributed by atoms with Crippen molar-refractivity contribution in [1.82, 2.24) is 19.3 Å². The Morgan fingerprint density at radius 2 is 1.81 bits per heavy atom. The molecule has 4 rings (SSSR count). The van der Waals surface area contributed by atoms with Crippen molar-refractivity contribution < 1.29 is 4.79 Å². The van der Waals surface area contributed by atoms with Gasteiger partial charge in [0.1, 0.15) is 5.82 Å². The Balaban J connectivity index is 1.48. The molecule has 7 nitrogen and oxygen atoms in total. The van der Waals surface area contributed by atoms with Gasteiger partial charge in [0.25, 0.3) is 5.56 Å². The van der Waals surface area contributed by atoms with Gasteiger partial charge in [0, 0.05) is 32.1 Å². The predicted octanol–water partition coefficient (Wildman–Crippen LogP) is 4.20. The second kappa shape index (κ2) is 9.26. The number of fused-ring (bicyclic) bond motifs is 1. The molecule has 32 heavy (non-hydrogen) atoms. The van der Waals surface area contributed by atoms with E-state index < -0.39 is 0 Å². The first kappa shape index (κ1) is 21.6. The molecule has 0 bridgehead atoms. The van der Waals surface area contributed by atoms with Crippen LogP contribution in [0.25, 0.3) is 11.2 Å². The monoisotopic (exact) mass is 431 g/mol. The second-order valence-corrected chi connectivity index (χ2v) is 8.33. The average Bonchev–Trinajstić information content (AvgIpc) is 2.75. The molecule has 166 valence electrons. The number of aromatic amines is 1. The van der Waals surface area contributed by atoms with Crippen LogP contribution in [0.15, 0.2) is 59.4 Å². The van der Waals surface area contributed by atoms with Gasteiger partial charge in [-0.2, -0.15) is 0 Å². The average molecular weight is 432 g/mol. The Bertz CT molecular complexity index is 1270. The van der Waals surface area contributed by atoms with Gasteiger partial charge in [0.05, 0.1) is 0 Å². The van der Waals surface area contributed by atoms with Crippen LogP contribution in [0.3, 0.4) is 0 Å². The first-order valence-corrected chi connectivity index (χ1v) is 11.0. The van der Waals surface area contributed by atoms with Crippen LogP contribution in [-0.4, -0.2) is 25.2 Å². The lowest BCUT2D eigenvalue weighted by molar-refractivity contribution is -0.114. The van der Waals surface area contributed by atoms with Gasteiger partial charge < -0.3 is 10.3 Å². The molecule has 2 aromatic carbocycles. The molecular formula is C25H29N5O2. The van der Waals surface area contributed by atoms with Crippen molar-refractivity contribution in [2.45, 2.75) is 45.6 Å². The van der Waals surface area contributed by atoms with E-state index in [1.54, 1.807) is 0 Å². The number of hydrogen-bond acceptors (Lipinski definition) is 3. The van der Waals surface area contributed by atoms with Crippen molar-refractivity contribution in [1.29, 1.82) is 0 Å². The molecular weight excluding hydrogens is 402 g/mol. The molecule has 1 unspecified atom stereocenters. The van der Waals surface area contributed by atoms with E-state index >= 15 is 0 Å². The lowest BCUT2D eigenvalue weighted by Crippen LogP contribution is -2.31. The summed E-state index contributed by atoms with van der Waals surface area (Å²) in [5.74, 6) is 0.531. The molecule has 4 aromatic rings.